The van der Waals surface area contributed by atoms with Crippen molar-refractivity contribution in [2.45, 2.75) is 19.8 Å². The van der Waals surface area contributed by atoms with Crippen LogP contribution in [-0.4, -0.2) is 36.5 Å². The molecule has 0 bridgehead atoms. The number of methoxy groups -OCH3 is 2. The van der Waals surface area contributed by atoms with Gasteiger partial charge in [0.2, 0.25) is 0 Å². The zero-order chi connectivity index (χ0) is 19.9. The topological polar surface area (TPSA) is 65.4 Å². The van der Waals surface area contributed by atoms with Crippen LogP contribution >= 0.6 is 0 Å². The fraction of sp³-hybridized carbons (Fsp3) is 0.273. The van der Waals surface area contributed by atoms with Crippen molar-refractivity contribution in [3.05, 3.63) is 60.3 Å². The van der Waals surface area contributed by atoms with Gasteiger partial charge in [0.05, 0.1) is 25.6 Å². The Kier molecular flexibility index (Phi) is 6.32. The van der Waals surface area contributed by atoms with Crippen LogP contribution in [0.5, 0.6) is 11.5 Å². The fourth-order valence-electron chi connectivity index (χ4n) is 2.86. The second kappa shape index (κ2) is 9.08. The van der Waals surface area contributed by atoms with Gasteiger partial charge in [0, 0.05) is 12.1 Å². The maximum Gasteiger partial charge on any atom is 0.270 e. The molecular formula is C22H25N3O3. The van der Waals surface area contributed by atoms with Gasteiger partial charge in [-0.3, -0.25) is 4.79 Å². The van der Waals surface area contributed by atoms with Crippen LogP contribution in [-0.2, 0) is 0 Å². The van der Waals surface area contributed by atoms with Crippen LogP contribution in [0.2, 0.25) is 0 Å². The summed E-state index contributed by atoms with van der Waals surface area (Å²) in [7, 11) is 3.25. The second-order valence-electron chi connectivity index (χ2n) is 6.37. The zero-order valence-corrected chi connectivity index (χ0v) is 16.4. The maximum absolute atomic E-state index is 12.8. The SMILES string of the molecule is CCCCNC(=O)c1cc(-c2cccc(OC)c2)nn1-c1ccc(OC)cc1. The molecule has 0 saturated heterocycles. The highest BCUT2D eigenvalue weighted by Crippen LogP contribution is 2.25. The summed E-state index contributed by atoms with van der Waals surface area (Å²) in [5.74, 6) is 1.34. The van der Waals surface area contributed by atoms with Gasteiger partial charge in [-0.25, -0.2) is 4.68 Å². The molecule has 3 rings (SSSR count). The van der Waals surface area contributed by atoms with Gasteiger partial charge in [-0.05, 0) is 48.9 Å². The van der Waals surface area contributed by atoms with Crippen LogP contribution < -0.4 is 14.8 Å². The van der Waals surface area contributed by atoms with Crippen molar-refractivity contribution in [3.63, 3.8) is 0 Å². The molecule has 3 aromatic rings. The van der Waals surface area contributed by atoms with Gasteiger partial charge >= 0.3 is 0 Å². The van der Waals surface area contributed by atoms with Crippen molar-refractivity contribution < 1.29 is 14.3 Å². The monoisotopic (exact) mass is 379 g/mol. The molecule has 0 aliphatic heterocycles. The maximum atomic E-state index is 12.8. The van der Waals surface area contributed by atoms with E-state index >= 15 is 0 Å². The van der Waals surface area contributed by atoms with E-state index in [-0.39, 0.29) is 5.91 Å². The van der Waals surface area contributed by atoms with Crippen molar-refractivity contribution in [2.75, 3.05) is 20.8 Å². The molecule has 0 radical (unpaired) electrons. The molecule has 1 aromatic heterocycles. The minimum Gasteiger partial charge on any atom is -0.497 e. The Morgan fingerprint density at radius 1 is 1.04 bits per heavy atom. The third kappa shape index (κ3) is 4.34. The Morgan fingerprint density at radius 3 is 2.46 bits per heavy atom. The summed E-state index contributed by atoms with van der Waals surface area (Å²) in [6, 6.07) is 16.9. The normalized spacial score (nSPS) is 10.5. The number of nitrogens with one attached hydrogen (secondary N) is 1. The van der Waals surface area contributed by atoms with E-state index in [2.05, 4.69) is 12.2 Å². The molecule has 0 atom stereocenters. The summed E-state index contributed by atoms with van der Waals surface area (Å²) < 4.78 is 12.2. The van der Waals surface area contributed by atoms with Gasteiger partial charge in [-0.1, -0.05) is 25.5 Å². The Hall–Kier alpha value is -3.28. The highest BCUT2D eigenvalue weighted by Gasteiger charge is 2.17. The molecule has 0 aliphatic carbocycles. The Bertz CT molecular complexity index is 932. The van der Waals surface area contributed by atoms with E-state index < -0.39 is 0 Å². The Balaban J connectivity index is 2.01. The van der Waals surface area contributed by atoms with Crippen molar-refractivity contribution in [2.24, 2.45) is 0 Å². The number of ether oxygens (including phenoxy) is 2. The number of aromatic nitrogens is 2. The van der Waals surface area contributed by atoms with E-state index in [9.17, 15) is 4.79 Å². The summed E-state index contributed by atoms with van der Waals surface area (Å²) in [6.45, 7) is 2.73. The van der Waals surface area contributed by atoms with Gasteiger partial charge in [0.1, 0.15) is 17.2 Å². The quantitative estimate of drug-likeness (QED) is 0.599. The van der Waals surface area contributed by atoms with Crippen LogP contribution in [0.3, 0.4) is 0 Å². The number of hydrogen-bond donors (Lipinski definition) is 1. The van der Waals surface area contributed by atoms with E-state index in [0.717, 1.165) is 35.6 Å². The first-order valence-electron chi connectivity index (χ1n) is 9.33. The van der Waals surface area contributed by atoms with E-state index in [4.69, 9.17) is 14.6 Å². The number of hydrogen-bond acceptors (Lipinski definition) is 4. The largest absolute Gasteiger partial charge is 0.497 e. The average Bonchev–Trinajstić information content (AvgIpc) is 3.19. The van der Waals surface area contributed by atoms with Gasteiger partial charge in [-0.15, -0.1) is 0 Å². The van der Waals surface area contributed by atoms with Crippen LogP contribution in [0.4, 0.5) is 0 Å². The molecule has 6 nitrogen and oxygen atoms in total. The minimum absolute atomic E-state index is 0.147. The van der Waals surface area contributed by atoms with E-state index in [1.807, 2.05) is 48.5 Å². The van der Waals surface area contributed by atoms with Gasteiger partial charge in [0.15, 0.2) is 0 Å². The molecule has 1 heterocycles. The van der Waals surface area contributed by atoms with Crippen molar-refractivity contribution in [1.82, 2.24) is 15.1 Å². The molecule has 0 spiro atoms. The summed E-state index contributed by atoms with van der Waals surface area (Å²) in [5.41, 5.74) is 2.86. The third-order valence-electron chi connectivity index (χ3n) is 4.44. The fourth-order valence-corrected chi connectivity index (χ4v) is 2.86. The van der Waals surface area contributed by atoms with Crippen molar-refractivity contribution in [1.29, 1.82) is 0 Å². The van der Waals surface area contributed by atoms with Crippen LogP contribution in [0.25, 0.3) is 16.9 Å². The predicted molar refractivity (Wildman–Crippen MR) is 109 cm³/mol. The lowest BCUT2D eigenvalue weighted by molar-refractivity contribution is 0.0945. The van der Waals surface area contributed by atoms with E-state index in [1.165, 1.54) is 0 Å². The van der Waals surface area contributed by atoms with Crippen LogP contribution in [0.1, 0.15) is 30.3 Å². The number of nitrogens with zero attached hydrogens (tertiary/aromatic N) is 2. The predicted octanol–water partition coefficient (Wildman–Crippen LogP) is 4.09. The number of unbranched alkanes of at least 4 members (excludes halogenated alkanes) is 1. The van der Waals surface area contributed by atoms with Gasteiger partial charge in [-0.2, -0.15) is 5.10 Å². The zero-order valence-electron chi connectivity index (χ0n) is 16.4. The van der Waals surface area contributed by atoms with Crippen molar-refractivity contribution in [3.8, 4) is 28.4 Å². The molecular weight excluding hydrogens is 354 g/mol. The lowest BCUT2D eigenvalue weighted by atomic mass is 10.1. The summed E-state index contributed by atoms with van der Waals surface area (Å²) >= 11 is 0. The lowest BCUT2D eigenvalue weighted by Gasteiger charge is -2.09. The van der Waals surface area contributed by atoms with Crippen LogP contribution in [0.15, 0.2) is 54.6 Å². The first-order chi connectivity index (χ1) is 13.7. The molecule has 2 aromatic carbocycles. The highest BCUT2D eigenvalue weighted by molar-refractivity contribution is 5.94. The minimum atomic E-state index is -0.147. The third-order valence-corrected chi connectivity index (χ3v) is 4.44. The Morgan fingerprint density at radius 2 is 1.79 bits per heavy atom. The summed E-state index contributed by atoms with van der Waals surface area (Å²) in [4.78, 5) is 12.8. The number of amides is 1. The number of rotatable bonds is 8. The molecule has 146 valence electrons. The Labute approximate surface area is 165 Å². The van der Waals surface area contributed by atoms with Gasteiger partial charge < -0.3 is 14.8 Å². The number of carbonyl (C=O) groups is 1. The molecule has 28 heavy (non-hydrogen) atoms. The van der Waals surface area contributed by atoms with Gasteiger partial charge in [0.25, 0.3) is 5.91 Å². The second-order valence-corrected chi connectivity index (χ2v) is 6.37. The number of carbonyl (C=O) groups excluding carboxylic acids is 1. The summed E-state index contributed by atoms with van der Waals surface area (Å²) in [5, 5.41) is 7.66. The van der Waals surface area contributed by atoms with E-state index in [1.54, 1.807) is 25.0 Å². The standard InChI is InChI=1S/C22H25N3O3/c1-4-5-13-23-22(26)21-15-20(16-7-6-8-19(14-16)28-3)24-25(21)17-9-11-18(27-2)12-10-17/h6-12,14-15H,4-5,13H2,1-3H3,(H,23,26). The molecule has 0 unspecified atom stereocenters. The molecule has 0 aliphatic rings. The molecule has 1 amide bonds. The molecule has 1 N–H and O–H groups in total. The average molecular weight is 379 g/mol. The molecule has 6 heteroatoms. The molecule has 0 fully saturated rings. The lowest BCUT2D eigenvalue weighted by Crippen LogP contribution is -2.26. The molecule has 0 saturated carbocycles. The van der Waals surface area contributed by atoms with E-state index in [0.29, 0.717) is 17.9 Å². The van der Waals surface area contributed by atoms with Crippen molar-refractivity contribution >= 4 is 5.91 Å². The first kappa shape index (κ1) is 19.5. The first-order valence-corrected chi connectivity index (χ1v) is 9.33. The number of benzene rings is 2. The highest BCUT2D eigenvalue weighted by atomic mass is 16.5. The smallest absolute Gasteiger partial charge is 0.270 e. The summed E-state index contributed by atoms with van der Waals surface area (Å²) in [6.07, 6.45) is 1.96. The van der Waals surface area contributed by atoms with Crippen LogP contribution in [0, 0.1) is 0 Å².